The van der Waals surface area contributed by atoms with Gasteiger partial charge in [0.2, 0.25) is 0 Å². The highest BCUT2D eigenvalue weighted by molar-refractivity contribution is 6.00. The Labute approximate surface area is 195 Å². The van der Waals surface area contributed by atoms with Crippen LogP contribution in [0, 0.1) is 11.3 Å². The maximum atomic E-state index is 13.0. The smallest absolute Gasteiger partial charge is 0.255 e. The summed E-state index contributed by atoms with van der Waals surface area (Å²) in [5.74, 6) is 1.11. The molecule has 0 spiro atoms. The van der Waals surface area contributed by atoms with E-state index in [1.54, 1.807) is 24.2 Å². The molecule has 1 amide bonds. The number of benzene rings is 1. The van der Waals surface area contributed by atoms with Gasteiger partial charge in [0.05, 0.1) is 22.5 Å². The van der Waals surface area contributed by atoms with Gasteiger partial charge in [0, 0.05) is 26.2 Å². The van der Waals surface area contributed by atoms with Crippen molar-refractivity contribution in [1.29, 1.82) is 0 Å². The molecular formula is C27H32N4O2. The van der Waals surface area contributed by atoms with E-state index in [1.807, 2.05) is 41.1 Å². The number of pyridine rings is 1. The zero-order valence-corrected chi connectivity index (χ0v) is 20.1. The summed E-state index contributed by atoms with van der Waals surface area (Å²) in [6, 6.07) is 13.5. The quantitative estimate of drug-likeness (QED) is 0.543. The number of nitrogens with zero attached hydrogens (tertiary/aromatic N) is 4. The zero-order chi connectivity index (χ0) is 23.8. The molecule has 0 atom stereocenters. The predicted molar refractivity (Wildman–Crippen MR) is 129 cm³/mol. The van der Waals surface area contributed by atoms with Gasteiger partial charge in [-0.3, -0.25) is 9.59 Å². The molecule has 2 aromatic heterocycles. The SMILES string of the molecule is CC(C)Cc1nn(-c2ccc(C(=O)N(C)Cc3ccccc3)cn2)c2c1C(=O)CC(C)(C)C2. The van der Waals surface area contributed by atoms with Crippen LogP contribution in [-0.4, -0.2) is 38.4 Å². The fourth-order valence-corrected chi connectivity index (χ4v) is 4.53. The lowest BCUT2D eigenvalue weighted by atomic mass is 9.75. The Hall–Kier alpha value is -3.28. The molecule has 2 heterocycles. The van der Waals surface area contributed by atoms with Gasteiger partial charge in [0.25, 0.3) is 5.91 Å². The Morgan fingerprint density at radius 1 is 1.12 bits per heavy atom. The van der Waals surface area contributed by atoms with Crippen LogP contribution in [0.3, 0.4) is 0 Å². The number of aromatic nitrogens is 3. The molecular weight excluding hydrogens is 412 g/mol. The third-order valence-corrected chi connectivity index (χ3v) is 6.04. The van der Waals surface area contributed by atoms with Gasteiger partial charge in [-0.05, 0) is 41.9 Å². The van der Waals surface area contributed by atoms with Gasteiger partial charge in [-0.2, -0.15) is 5.10 Å². The van der Waals surface area contributed by atoms with Gasteiger partial charge >= 0.3 is 0 Å². The minimum atomic E-state index is -0.118. The summed E-state index contributed by atoms with van der Waals surface area (Å²) in [5, 5.41) is 4.82. The number of fused-ring (bicyclic) bond motifs is 1. The van der Waals surface area contributed by atoms with Crippen LogP contribution in [0.1, 0.15) is 71.8 Å². The summed E-state index contributed by atoms with van der Waals surface area (Å²) in [5.41, 5.74) is 4.04. The number of hydrogen-bond donors (Lipinski definition) is 0. The van der Waals surface area contributed by atoms with Crippen molar-refractivity contribution in [2.75, 3.05) is 7.05 Å². The molecule has 1 aliphatic carbocycles. The molecule has 33 heavy (non-hydrogen) atoms. The van der Waals surface area contributed by atoms with E-state index >= 15 is 0 Å². The molecule has 0 aliphatic heterocycles. The third kappa shape index (κ3) is 4.90. The fraction of sp³-hybridized carbons (Fsp3) is 0.407. The van der Waals surface area contributed by atoms with Crippen LogP contribution in [0.2, 0.25) is 0 Å². The second kappa shape index (κ2) is 8.93. The van der Waals surface area contributed by atoms with Gasteiger partial charge < -0.3 is 4.90 Å². The van der Waals surface area contributed by atoms with Gasteiger partial charge in [-0.25, -0.2) is 9.67 Å². The van der Waals surface area contributed by atoms with E-state index < -0.39 is 0 Å². The first-order chi connectivity index (χ1) is 15.6. The summed E-state index contributed by atoms with van der Waals surface area (Å²) in [4.78, 5) is 32.2. The molecule has 0 saturated heterocycles. The summed E-state index contributed by atoms with van der Waals surface area (Å²) >= 11 is 0. The van der Waals surface area contributed by atoms with E-state index in [2.05, 4.69) is 32.7 Å². The number of hydrogen-bond acceptors (Lipinski definition) is 4. The Kier molecular flexibility index (Phi) is 6.19. The first-order valence-electron chi connectivity index (χ1n) is 11.5. The topological polar surface area (TPSA) is 68.1 Å². The highest BCUT2D eigenvalue weighted by Crippen LogP contribution is 2.37. The zero-order valence-electron chi connectivity index (χ0n) is 20.1. The molecule has 1 aromatic carbocycles. The molecule has 3 aromatic rings. The molecule has 4 rings (SSSR count). The minimum absolute atomic E-state index is 0.0859. The molecule has 0 bridgehead atoms. The first kappa shape index (κ1) is 22.9. The summed E-state index contributed by atoms with van der Waals surface area (Å²) in [6.07, 6.45) is 3.65. The molecule has 0 unspecified atom stereocenters. The highest BCUT2D eigenvalue weighted by atomic mass is 16.2. The number of carbonyl (C=O) groups is 2. The Morgan fingerprint density at radius 3 is 2.48 bits per heavy atom. The number of amides is 1. The number of Topliss-reactive ketones (excluding diaryl/α,β-unsaturated/α-hetero) is 1. The van der Waals surface area contributed by atoms with Crippen LogP contribution < -0.4 is 0 Å². The van der Waals surface area contributed by atoms with Crippen molar-refractivity contribution in [2.24, 2.45) is 11.3 Å². The predicted octanol–water partition coefficient (Wildman–Crippen LogP) is 4.89. The molecule has 6 nitrogen and oxygen atoms in total. The fourth-order valence-electron chi connectivity index (χ4n) is 4.53. The van der Waals surface area contributed by atoms with E-state index in [-0.39, 0.29) is 17.1 Å². The Morgan fingerprint density at radius 2 is 1.85 bits per heavy atom. The Balaban J connectivity index is 1.62. The van der Waals surface area contributed by atoms with Crippen molar-refractivity contribution in [3.63, 3.8) is 0 Å². The van der Waals surface area contributed by atoms with Crippen LogP contribution in [0.15, 0.2) is 48.7 Å². The molecule has 6 heteroatoms. The van der Waals surface area contributed by atoms with Crippen molar-refractivity contribution in [1.82, 2.24) is 19.7 Å². The van der Waals surface area contributed by atoms with E-state index in [4.69, 9.17) is 5.10 Å². The molecule has 0 radical (unpaired) electrons. The average molecular weight is 445 g/mol. The van der Waals surface area contributed by atoms with E-state index in [0.717, 1.165) is 35.4 Å². The van der Waals surface area contributed by atoms with Crippen LogP contribution in [0.25, 0.3) is 5.82 Å². The van der Waals surface area contributed by atoms with Crippen molar-refractivity contribution in [3.8, 4) is 5.82 Å². The molecule has 0 saturated carbocycles. The third-order valence-electron chi connectivity index (χ3n) is 6.04. The average Bonchev–Trinajstić information content (AvgIpc) is 3.10. The minimum Gasteiger partial charge on any atom is -0.337 e. The molecule has 172 valence electrons. The monoisotopic (exact) mass is 444 g/mol. The standard InChI is InChI=1S/C27H32N4O2/c1-18(2)13-21-25-22(14-27(3,4)15-23(25)32)31(29-21)24-12-11-20(16-28-24)26(33)30(5)17-19-9-7-6-8-10-19/h6-12,16,18H,13-15,17H2,1-5H3. The largest absolute Gasteiger partial charge is 0.337 e. The van der Waals surface area contributed by atoms with Gasteiger partial charge in [0.15, 0.2) is 11.6 Å². The maximum absolute atomic E-state index is 13.0. The number of ketones is 1. The number of carbonyl (C=O) groups excluding carboxylic acids is 2. The van der Waals surface area contributed by atoms with Crippen molar-refractivity contribution < 1.29 is 9.59 Å². The summed E-state index contributed by atoms with van der Waals surface area (Å²) < 4.78 is 1.81. The lowest BCUT2D eigenvalue weighted by Crippen LogP contribution is -2.28. The van der Waals surface area contributed by atoms with Gasteiger partial charge in [0.1, 0.15) is 0 Å². The second-order valence-electron chi connectivity index (χ2n) is 10.3. The highest BCUT2D eigenvalue weighted by Gasteiger charge is 2.36. The first-order valence-corrected chi connectivity index (χ1v) is 11.5. The van der Waals surface area contributed by atoms with Crippen molar-refractivity contribution >= 4 is 11.7 Å². The number of rotatable bonds is 6. The molecule has 1 aliphatic rings. The maximum Gasteiger partial charge on any atom is 0.255 e. The second-order valence-corrected chi connectivity index (χ2v) is 10.3. The summed E-state index contributed by atoms with van der Waals surface area (Å²) in [6.45, 7) is 9.03. The van der Waals surface area contributed by atoms with Crippen LogP contribution in [-0.2, 0) is 19.4 Å². The molecule has 0 fully saturated rings. The van der Waals surface area contributed by atoms with Crippen LogP contribution in [0.5, 0.6) is 0 Å². The van der Waals surface area contributed by atoms with E-state index in [0.29, 0.717) is 30.3 Å². The van der Waals surface area contributed by atoms with Gasteiger partial charge in [-0.15, -0.1) is 0 Å². The lowest BCUT2D eigenvalue weighted by Gasteiger charge is -2.29. The van der Waals surface area contributed by atoms with E-state index in [9.17, 15) is 9.59 Å². The lowest BCUT2D eigenvalue weighted by molar-refractivity contribution is 0.0784. The van der Waals surface area contributed by atoms with Crippen molar-refractivity contribution in [3.05, 3.63) is 76.7 Å². The summed E-state index contributed by atoms with van der Waals surface area (Å²) in [7, 11) is 1.79. The van der Waals surface area contributed by atoms with Crippen molar-refractivity contribution in [2.45, 2.75) is 53.5 Å². The van der Waals surface area contributed by atoms with Crippen LogP contribution in [0.4, 0.5) is 0 Å². The Bertz CT molecular complexity index is 1160. The van der Waals surface area contributed by atoms with Gasteiger partial charge in [-0.1, -0.05) is 58.0 Å². The van der Waals surface area contributed by atoms with E-state index in [1.165, 1.54) is 0 Å². The molecule has 0 N–H and O–H groups in total. The normalized spacial score (nSPS) is 14.9. The van der Waals surface area contributed by atoms with Crippen LogP contribution >= 0.6 is 0 Å².